The molecule has 2 rings (SSSR count). The summed E-state index contributed by atoms with van der Waals surface area (Å²) in [4.78, 5) is 22.8. The second-order valence-electron chi connectivity index (χ2n) is 3.61. The van der Waals surface area contributed by atoms with Crippen molar-refractivity contribution in [2.24, 2.45) is 4.99 Å². The van der Waals surface area contributed by atoms with Crippen molar-refractivity contribution < 1.29 is 13.9 Å². The Hall–Kier alpha value is -2.34. The molecule has 1 aromatic heterocycles. The number of carbonyl (C=O) groups excluding carboxylic acids is 1. The molecule has 7 heteroatoms. The van der Waals surface area contributed by atoms with Gasteiger partial charge in [-0.15, -0.1) is 0 Å². The van der Waals surface area contributed by atoms with Crippen molar-refractivity contribution in [3.05, 3.63) is 46.9 Å². The monoisotopic (exact) mass is 293 g/mol. The SMILES string of the molecule is C/C=N/c1nc(OC(=O)c2cccc(Cl)c2)ncc1F. The van der Waals surface area contributed by atoms with Gasteiger partial charge in [-0.25, -0.2) is 19.2 Å². The number of aliphatic imine (C=N–C) groups is 1. The summed E-state index contributed by atoms with van der Waals surface area (Å²) in [7, 11) is 0. The van der Waals surface area contributed by atoms with Gasteiger partial charge in [0.2, 0.25) is 0 Å². The summed E-state index contributed by atoms with van der Waals surface area (Å²) in [5.74, 6) is -1.59. The standard InChI is InChI=1S/C13H9ClFN3O2/c1-2-16-11-10(15)7-17-13(18-11)20-12(19)8-4-3-5-9(14)6-8/h2-7H,1H3/b16-2+. The van der Waals surface area contributed by atoms with Crippen LogP contribution in [0.4, 0.5) is 10.2 Å². The predicted octanol–water partition coefficient (Wildman–Crippen LogP) is 3.21. The molecular weight excluding hydrogens is 285 g/mol. The highest BCUT2D eigenvalue weighted by molar-refractivity contribution is 6.30. The highest BCUT2D eigenvalue weighted by Crippen LogP contribution is 2.17. The Morgan fingerprint density at radius 3 is 3.00 bits per heavy atom. The maximum absolute atomic E-state index is 13.3. The number of carbonyl (C=O) groups is 1. The first kappa shape index (κ1) is 14.1. The summed E-state index contributed by atoms with van der Waals surface area (Å²) in [6.45, 7) is 1.61. The van der Waals surface area contributed by atoms with Gasteiger partial charge in [-0.1, -0.05) is 17.7 Å². The van der Waals surface area contributed by atoms with Gasteiger partial charge in [-0.2, -0.15) is 4.98 Å². The van der Waals surface area contributed by atoms with E-state index in [9.17, 15) is 9.18 Å². The summed E-state index contributed by atoms with van der Waals surface area (Å²) >= 11 is 5.77. The van der Waals surface area contributed by atoms with Crippen LogP contribution in [-0.2, 0) is 0 Å². The molecule has 0 bridgehead atoms. The van der Waals surface area contributed by atoms with Gasteiger partial charge in [0, 0.05) is 11.2 Å². The first-order chi connectivity index (χ1) is 9.60. The lowest BCUT2D eigenvalue weighted by atomic mass is 10.2. The predicted molar refractivity (Wildman–Crippen MR) is 72.2 cm³/mol. The first-order valence-electron chi connectivity index (χ1n) is 5.59. The molecule has 0 aliphatic carbocycles. The molecule has 0 unspecified atom stereocenters. The zero-order chi connectivity index (χ0) is 14.5. The quantitative estimate of drug-likeness (QED) is 0.644. The number of benzene rings is 1. The molecule has 20 heavy (non-hydrogen) atoms. The van der Waals surface area contributed by atoms with Gasteiger partial charge in [0.05, 0.1) is 11.8 Å². The largest absolute Gasteiger partial charge is 0.387 e. The van der Waals surface area contributed by atoms with Crippen LogP contribution in [0.2, 0.25) is 5.02 Å². The Kier molecular flexibility index (Phi) is 4.37. The molecule has 0 N–H and O–H groups in total. The molecule has 0 fully saturated rings. The fraction of sp³-hybridized carbons (Fsp3) is 0.0769. The Morgan fingerprint density at radius 2 is 2.30 bits per heavy atom. The van der Waals surface area contributed by atoms with Crippen LogP contribution in [-0.4, -0.2) is 22.2 Å². The third kappa shape index (κ3) is 3.36. The van der Waals surface area contributed by atoms with Crippen molar-refractivity contribution in [1.82, 2.24) is 9.97 Å². The maximum atomic E-state index is 13.3. The smallest absolute Gasteiger partial charge is 0.346 e. The van der Waals surface area contributed by atoms with Gasteiger partial charge >= 0.3 is 12.0 Å². The maximum Gasteiger partial charge on any atom is 0.346 e. The van der Waals surface area contributed by atoms with Crippen molar-refractivity contribution in [1.29, 1.82) is 0 Å². The van der Waals surface area contributed by atoms with E-state index in [4.69, 9.17) is 16.3 Å². The Morgan fingerprint density at radius 1 is 1.50 bits per heavy atom. The molecule has 1 heterocycles. The van der Waals surface area contributed by atoms with E-state index >= 15 is 0 Å². The summed E-state index contributed by atoms with van der Waals surface area (Å²) in [5, 5.41) is 0.399. The molecule has 0 saturated carbocycles. The summed E-state index contributed by atoms with van der Waals surface area (Å²) in [6.07, 6.45) is 2.25. The fourth-order valence-electron chi connectivity index (χ4n) is 1.36. The van der Waals surface area contributed by atoms with Gasteiger partial charge in [0.25, 0.3) is 0 Å². The average molecular weight is 294 g/mol. The van der Waals surface area contributed by atoms with Crippen LogP contribution in [0.1, 0.15) is 17.3 Å². The van der Waals surface area contributed by atoms with Crippen LogP contribution in [0.25, 0.3) is 0 Å². The second-order valence-corrected chi connectivity index (χ2v) is 4.05. The van der Waals surface area contributed by atoms with Gasteiger partial charge in [0.15, 0.2) is 11.6 Å². The number of nitrogens with zero attached hydrogens (tertiary/aromatic N) is 3. The minimum Gasteiger partial charge on any atom is -0.387 e. The molecule has 5 nitrogen and oxygen atoms in total. The molecule has 0 spiro atoms. The van der Waals surface area contributed by atoms with Crippen molar-refractivity contribution in [3.8, 4) is 6.01 Å². The van der Waals surface area contributed by atoms with E-state index in [2.05, 4.69) is 15.0 Å². The number of hydrogen-bond acceptors (Lipinski definition) is 5. The summed E-state index contributed by atoms with van der Waals surface area (Å²) in [6, 6.07) is 5.93. The van der Waals surface area contributed by atoms with Crippen LogP contribution in [0, 0.1) is 5.82 Å². The number of halogens is 2. The molecular formula is C13H9ClFN3O2. The number of rotatable bonds is 3. The zero-order valence-electron chi connectivity index (χ0n) is 10.4. The van der Waals surface area contributed by atoms with E-state index in [1.165, 1.54) is 18.3 Å². The average Bonchev–Trinajstić information content (AvgIpc) is 2.43. The van der Waals surface area contributed by atoms with Crippen molar-refractivity contribution in [2.75, 3.05) is 0 Å². The van der Waals surface area contributed by atoms with E-state index in [0.717, 1.165) is 6.20 Å². The third-order valence-corrected chi connectivity index (χ3v) is 2.43. The normalized spacial score (nSPS) is 10.8. The Balaban J connectivity index is 2.22. The lowest BCUT2D eigenvalue weighted by Gasteiger charge is -2.03. The lowest BCUT2D eigenvalue weighted by Crippen LogP contribution is -2.10. The molecule has 0 saturated heterocycles. The van der Waals surface area contributed by atoms with Gasteiger partial charge in [-0.05, 0) is 25.1 Å². The fourth-order valence-corrected chi connectivity index (χ4v) is 1.55. The third-order valence-electron chi connectivity index (χ3n) is 2.20. The van der Waals surface area contributed by atoms with E-state index in [0.29, 0.717) is 5.02 Å². The van der Waals surface area contributed by atoms with E-state index in [1.54, 1.807) is 19.1 Å². The van der Waals surface area contributed by atoms with Crippen LogP contribution < -0.4 is 4.74 Å². The Labute approximate surface area is 119 Å². The number of ether oxygens (including phenoxy) is 1. The van der Waals surface area contributed by atoms with Crippen molar-refractivity contribution in [3.63, 3.8) is 0 Å². The minimum atomic E-state index is -0.703. The molecule has 0 aliphatic heterocycles. The molecule has 0 aliphatic rings. The van der Waals surface area contributed by atoms with Gasteiger partial charge in [0.1, 0.15) is 0 Å². The Bertz CT molecular complexity index is 676. The minimum absolute atomic E-state index is 0.198. The molecule has 0 radical (unpaired) electrons. The van der Waals surface area contributed by atoms with Crippen LogP contribution >= 0.6 is 11.6 Å². The molecule has 102 valence electrons. The topological polar surface area (TPSA) is 64.4 Å². The zero-order valence-corrected chi connectivity index (χ0v) is 11.1. The number of esters is 1. The molecule has 0 amide bonds. The number of aromatic nitrogens is 2. The molecule has 0 atom stereocenters. The van der Waals surface area contributed by atoms with E-state index < -0.39 is 11.8 Å². The lowest BCUT2D eigenvalue weighted by molar-refractivity contribution is 0.0719. The van der Waals surface area contributed by atoms with Gasteiger partial charge < -0.3 is 4.74 Å². The first-order valence-corrected chi connectivity index (χ1v) is 5.97. The van der Waals surface area contributed by atoms with E-state index in [-0.39, 0.29) is 17.4 Å². The van der Waals surface area contributed by atoms with Crippen molar-refractivity contribution in [2.45, 2.75) is 6.92 Å². The molecule has 1 aromatic carbocycles. The summed E-state index contributed by atoms with van der Waals surface area (Å²) < 4.78 is 18.2. The number of hydrogen-bond donors (Lipinski definition) is 0. The highest BCUT2D eigenvalue weighted by atomic mass is 35.5. The van der Waals surface area contributed by atoms with Crippen molar-refractivity contribution >= 4 is 29.6 Å². The highest BCUT2D eigenvalue weighted by Gasteiger charge is 2.13. The second kappa shape index (κ2) is 6.21. The van der Waals surface area contributed by atoms with Gasteiger partial charge in [-0.3, -0.25) is 0 Å². The molecule has 2 aromatic rings. The van der Waals surface area contributed by atoms with Crippen LogP contribution in [0.5, 0.6) is 6.01 Å². The van der Waals surface area contributed by atoms with Crippen LogP contribution in [0.15, 0.2) is 35.5 Å². The van der Waals surface area contributed by atoms with Crippen LogP contribution in [0.3, 0.4) is 0 Å². The summed E-state index contributed by atoms with van der Waals surface area (Å²) in [5.41, 5.74) is 0.242. The van der Waals surface area contributed by atoms with E-state index in [1.807, 2.05) is 0 Å².